The largest absolute Gasteiger partial charge is 0.465 e. The van der Waals surface area contributed by atoms with Gasteiger partial charge in [-0.15, -0.1) is 0 Å². The maximum Gasteiger partial charge on any atom is 0.338 e. The highest BCUT2D eigenvalue weighted by Crippen LogP contribution is 2.28. The van der Waals surface area contributed by atoms with Gasteiger partial charge in [0.15, 0.2) is 0 Å². The number of carbonyl (C=O) groups is 2. The van der Waals surface area contributed by atoms with Gasteiger partial charge in [0.1, 0.15) is 0 Å². The molecule has 1 N–H and O–H groups in total. The van der Waals surface area contributed by atoms with E-state index in [1.165, 1.54) is 30.3 Å². The average Bonchev–Trinajstić information content (AvgIpc) is 2.83. The molecule has 33 heavy (non-hydrogen) atoms. The van der Waals surface area contributed by atoms with E-state index in [1.54, 1.807) is 4.31 Å². The highest BCUT2D eigenvalue weighted by molar-refractivity contribution is 7.89. The normalized spacial score (nSPS) is 16.7. The van der Waals surface area contributed by atoms with E-state index in [0.29, 0.717) is 12.2 Å². The molecular weight excluding hydrogens is 450 g/mol. The molecule has 0 radical (unpaired) electrons. The molecular formula is C22H25N3O7S. The predicted octanol–water partition coefficient (Wildman–Crippen LogP) is 3.59. The summed E-state index contributed by atoms with van der Waals surface area (Å²) in [6.07, 6.45) is 3.40. The second kappa shape index (κ2) is 10.1. The van der Waals surface area contributed by atoms with Crippen LogP contribution in [0.25, 0.3) is 0 Å². The van der Waals surface area contributed by atoms with Crippen LogP contribution in [-0.4, -0.2) is 49.2 Å². The van der Waals surface area contributed by atoms with Crippen molar-refractivity contribution in [3.8, 4) is 0 Å². The van der Waals surface area contributed by atoms with Crippen molar-refractivity contribution in [2.75, 3.05) is 19.0 Å². The summed E-state index contributed by atoms with van der Waals surface area (Å²) < 4.78 is 32.3. The highest BCUT2D eigenvalue weighted by Gasteiger charge is 2.32. The molecule has 1 amide bonds. The number of sulfonamides is 1. The Balaban J connectivity index is 1.81. The van der Waals surface area contributed by atoms with Gasteiger partial charge in [0.05, 0.1) is 22.5 Å². The number of carbonyl (C=O) groups excluding carboxylic acids is 2. The zero-order valence-corrected chi connectivity index (χ0v) is 19.1. The third kappa shape index (κ3) is 5.37. The molecule has 0 spiro atoms. The van der Waals surface area contributed by atoms with E-state index in [4.69, 9.17) is 0 Å². The molecule has 1 unspecified atom stereocenters. The molecule has 0 aromatic heterocycles. The van der Waals surface area contributed by atoms with E-state index in [-0.39, 0.29) is 22.1 Å². The van der Waals surface area contributed by atoms with Crippen LogP contribution in [0.4, 0.5) is 11.4 Å². The van der Waals surface area contributed by atoms with Crippen LogP contribution in [0, 0.1) is 10.1 Å². The number of amides is 1. The molecule has 1 atom stereocenters. The average molecular weight is 476 g/mol. The van der Waals surface area contributed by atoms with Crippen molar-refractivity contribution in [3.63, 3.8) is 0 Å². The SMILES string of the molecule is CCC1CCCCN1S(=O)(=O)c1ccc(NC(=O)c2cc(C(=O)OC)cc([N+](=O)[O-])c2)cc1. The fraction of sp³-hybridized carbons (Fsp3) is 0.364. The number of nitrogens with zero attached hydrogens (tertiary/aromatic N) is 2. The van der Waals surface area contributed by atoms with E-state index < -0.39 is 32.5 Å². The molecule has 1 aliphatic heterocycles. The Morgan fingerprint density at radius 3 is 2.42 bits per heavy atom. The molecule has 0 bridgehead atoms. The Morgan fingerprint density at radius 2 is 1.82 bits per heavy atom. The van der Waals surface area contributed by atoms with Gasteiger partial charge in [-0.3, -0.25) is 14.9 Å². The summed E-state index contributed by atoms with van der Waals surface area (Å²) in [5, 5.41) is 13.7. The van der Waals surface area contributed by atoms with Crippen LogP contribution in [0.15, 0.2) is 47.4 Å². The Bertz CT molecular complexity index is 1160. The first-order valence-corrected chi connectivity index (χ1v) is 11.9. The standard InChI is InChI=1S/C22H25N3O7S/c1-3-18-6-4-5-11-24(18)33(30,31)20-9-7-17(8-10-20)23-21(26)15-12-16(22(27)32-2)14-19(13-15)25(28)29/h7-10,12-14,18H,3-6,11H2,1-2H3,(H,23,26). The number of nitro benzene ring substituents is 1. The van der Waals surface area contributed by atoms with Crippen molar-refractivity contribution in [1.82, 2.24) is 4.31 Å². The number of esters is 1. The maximum absolute atomic E-state index is 13.1. The molecule has 176 valence electrons. The van der Waals surface area contributed by atoms with Crippen molar-refractivity contribution < 1.29 is 27.7 Å². The van der Waals surface area contributed by atoms with E-state index >= 15 is 0 Å². The van der Waals surface area contributed by atoms with Crippen molar-refractivity contribution in [1.29, 1.82) is 0 Å². The van der Waals surface area contributed by atoms with E-state index in [0.717, 1.165) is 44.9 Å². The Kier molecular flexibility index (Phi) is 7.44. The molecule has 1 fully saturated rings. The van der Waals surface area contributed by atoms with Crippen molar-refractivity contribution >= 4 is 33.3 Å². The highest BCUT2D eigenvalue weighted by atomic mass is 32.2. The predicted molar refractivity (Wildman–Crippen MR) is 121 cm³/mol. The van der Waals surface area contributed by atoms with Crippen LogP contribution in [0.3, 0.4) is 0 Å². The molecule has 0 saturated carbocycles. The third-order valence-corrected chi connectivity index (χ3v) is 7.54. The van der Waals surface area contributed by atoms with Gasteiger partial charge in [0, 0.05) is 36.0 Å². The lowest BCUT2D eigenvalue weighted by molar-refractivity contribution is -0.384. The number of hydrogen-bond donors (Lipinski definition) is 1. The van der Waals surface area contributed by atoms with Gasteiger partial charge in [-0.25, -0.2) is 13.2 Å². The quantitative estimate of drug-likeness (QED) is 0.367. The Morgan fingerprint density at radius 1 is 1.15 bits per heavy atom. The van der Waals surface area contributed by atoms with Crippen molar-refractivity contribution in [2.45, 2.75) is 43.5 Å². The summed E-state index contributed by atoms with van der Waals surface area (Å²) >= 11 is 0. The number of rotatable bonds is 7. The summed E-state index contributed by atoms with van der Waals surface area (Å²) in [5.74, 6) is -1.51. The third-order valence-electron chi connectivity index (χ3n) is 5.58. The molecule has 11 heteroatoms. The smallest absolute Gasteiger partial charge is 0.338 e. The van der Waals surface area contributed by atoms with Gasteiger partial charge in [0.25, 0.3) is 11.6 Å². The van der Waals surface area contributed by atoms with Crippen molar-refractivity contribution in [2.24, 2.45) is 0 Å². The number of ether oxygens (including phenoxy) is 1. The van der Waals surface area contributed by atoms with E-state index in [1.807, 2.05) is 6.92 Å². The Hall–Kier alpha value is -3.31. The number of non-ortho nitro benzene ring substituents is 1. The second-order valence-corrected chi connectivity index (χ2v) is 9.56. The van der Waals surface area contributed by atoms with Gasteiger partial charge in [-0.1, -0.05) is 13.3 Å². The fourth-order valence-electron chi connectivity index (χ4n) is 3.83. The minimum absolute atomic E-state index is 0.0268. The van der Waals surface area contributed by atoms with Crippen LogP contribution in [0.1, 0.15) is 53.3 Å². The summed E-state index contributed by atoms with van der Waals surface area (Å²) in [6.45, 7) is 2.45. The zero-order valence-electron chi connectivity index (χ0n) is 18.3. The minimum Gasteiger partial charge on any atom is -0.465 e. The fourth-order valence-corrected chi connectivity index (χ4v) is 5.60. The minimum atomic E-state index is -3.66. The summed E-state index contributed by atoms with van der Waals surface area (Å²) in [4.78, 5) is 35.0. The summed E-state index contributed by atoms with van der Waals surface area (Å²) in [7, 11) is -2.53. The van der Waals surface area contributed by atoms with Crippen LogP contribution < -0.4 is 5.32 Å². The number of hydrogen-bond acceptors (Lipinski definition) is 7. The number of nitrogens with one attached hydrogen (secondary N) is 1. The van der Waals surface area contributed by atoms with Crippen LogP contribution in [0.5, 0.6) is 0 Å². The van der Waals surface area contributed by atoms with Gasteiger partial charge < -0.3 is 10.1 Å². The number of benzene rings is 2. The van der Waals surface area contributed by atoms with E-state index in [2.05, 4.69) is 10.1 Å². The topological polar surface area (TPSA) is 136 Å². The molecule has 1 heterocycles. The molecule has 10 nitrogen and oxygen atoms in total. The second-order valence-electron chi connectivity index (χ2n) is 7.67. The number of nitro groups is 1. The summed E-state index contributed by atoms with van der Waals surface area (Å²) in [5.41, 5.74) is -0.377. The Labute approximate surface area is 191 Å². The molecule has 2 aromatic rings. The molecule has 0 aliphatic carbocycles. The molecule has 3 rings (SSSR count). The number of anilines is 1. The first-order chi connectivity index (χ1) is 15.7. The summed E-state index contributed by atoms with van der Waals surface area (Å²) in [6, 6.07) is 8.96. The number of piperidine rings is 1. The lowest BCUT2D eigenvalue weighted by Gasteiger charge is -2.34. The van der Waals surface area contributed by atoms with Gasteiger partial charge in [0.2, 0.25) is 10.0 Å². The van der Waals surface area contributed by atoms with Crippen LogP contribution in [0.2, 0.25) is 0 Å². The monoisotopic (exact) mass is 475 g/mol. The van der Waals surface area contributed by atoms with E-state index in [9.17, 15) is 28.1 Å². The zero-order chi connectivity index (χ0) is 24.2. The van der Waals surface area contributed by atoms with Crippen LogP contribution in [-0.2, 0) is 14.8 Å². The number of methoxy groups -OCH3 is 1. The van der Waals surface area contributed by atoms with Gasteiger partial charge >= 0.3 is 5.97 Å². The first kappa shape index (κ1) is 24.3. The van der Waals surface area contributed by atoms with Gasteiger partial charge in [-0.2, -0.15) is 4.31 Å². The lowest BCUT2D eigenvalue weighted by Crippen LogP contribution is -2.43. The first-order valence-electron chi connectivity index (χ1n) is 10.5. The maximum atomic E-state index is 13.1. The lowest BCUT2D eigenvalue weighted by atomic mass is 10.0. The van der Waals surface area contributed by atoms with Gasteiger partial charge in [-0.05, 0) is 49.6 Å². The van der Waals surface area contributed by atoms with Crippen molar-refractivity contribution in [3.05, 3.63) is 63.7 Å². The molecule has 2 aromatic carbocycles. The molecule has 1 saturated heterocycles. The molecule has 1 aliphatic rings. The van der Waals surface area contributed by atoms with Crippen LogP contribution >= 0.6 is 0 Å².